The first kappa shape index (κ1) is 13.4. The second kappa shape index (κ2) is 4.70. The molecule has 0 bridgehead atoms. The number of benzene rings is 1. The minimum absolute atomic E-state index is 0.411. The molecule has 0 saturated heterocycles. The summed E-state index contributed by atoms with van der Waals surface area (Å²) in [5.74, 6) is -2.62. The van der Waals surface area contributed by atoms with Crippen LogP contribution in [0.2, 0.25) is 0 Å². The van der Waals surface area contributed by atoms with E-state index in [0.717, 1.165) is 12.1 Å². The molecular weight excluding hydrogens is 242 g/mol. The maximum absolute atomic E-state index is 13.4. The van der Waals surface area contributed by atoms with Crippen molar-refractivity contribution in [3.8, 4) is 0 Å². The van der Waals surface area contributed by atoms with Crippen molar-refractivity contribution in [2.75, 3.05) is 0 Å². The second-order valence-corrected chi connectivity index (χ2v) is 3.40. The lowest BCUT2D eigenvalue weighted by molar-refractivity contribution is -0.140. The Balaban J connectivity index is 3.07. The molecule has 94 valence electrons. The summed E-state index contributed by atoms with van der Waals surface area (Å²) in [6.45, 7) is 0. The van der Waals surface area contributed by atoms with Crippen LogP contribution in [0.5, 0.6) is 0 Å². The quantitative estimate of drug-likeness (QED) is 0.794. The molecule has 1 amide bonds. The Morgan fingerprint density at radius 1 is 1.41 bits per heavy atom. The fourth-order valence-corrected chi connectivity index (χ4v) is 1.27. The predicted octanol–water partition coefficient (Wildman–Crippen LogP) is 1.23. The van der Waals surface area contributed by atoms with Crippen LogP contribution in [0.25, 0.3) is 0 Å². The van der Waals surface area contributed by atoms with Gasteiger partial charge in [-0.05, 0) is 11.6 Å². The highest BCUT2D eigenvalue weighted by molar-refractivity contribution is 5.78. The minimum Gasteiger partial charge on any atom is -0.383 e. The molecule has 0 radical (unpaired) electrons. The number of alkyl halides is 3. The zero-order valence-electron chi connectivity index (χ0n) is 8.46. The van der Waals surface area contributed by atoms with Crippen molar-refractivity contribution < 1.29 is 27.5 Å². The van der Waals surface area contributed by atoms with Gasteiger partial charge in [-0.2, -0.15) is 13.2 Å². The molecule has 0 unspecified atom stereocenters. The van der Waals surface area contributed by atoms with Crippen molar-refractivity contribution in [2.45, 2.75) is 18.7 Å². The number of primary amides is 1. The highest BCUT2D eigenvalue weighted by atomic mass is 19.4. The van der Waals surface area contributed by atoms with Crippen LogP contribution in [-0.4, -0.2) is 17.1 Å². The summed E-state index contributed by atoms with van der Waals surface area (Å²) >= 11 is 0. The number of carbonyl (C=O) groups is 1. The van der Waals surface area contributed by atoms with Crippen LogP contribution in [0.15, 0.2) is 18.2 Å². The van der Waals surface area contributed by atoms with Gasteiger partial charge in [0.15, 0.2) is 0 Å². The van der Waals surface area contributed by atoms with Crippen molar-refractivity contribution in [3.05, 3.63) is 35.1 Å². The van der Waals surface area contributed by atoms with Crippen LogP contribution < -0.4 is 5.73 Å². The highest BCUT2D eigenvalue weighted by Crippen LogP contribution is 2.32. The van der Waals surface area contributed by atoms with Gasteiger partial charge < -0.3 is 10.8 Å². The molecule has 0 spiro atoms. The van der Waals surface area contributed by atoms with Gasteiger partial charge in [-0.3, -0.25) is 4.79 Å². The van der Waals surface area contributed by atoms with E-state index in [9.17, 15) is 22.4 Å². The van der Waals surface area contributed by atoms with E-state index in [-0.39, 0.29) is 0 Å². The zero-order valence-corrected chi connectivity index (χ0v) is 8.46. The van der Waals surface area contributed by atoms with Gasteiger partial charge in [-0.25, -0.2) is 4.39 Å². The number of hydrogen-bond acceptors (Lipinski definition) is 2. The smallest absolute Gasteiger partial charge is 0.383 e. The van der Waals surface area contributed by atoms with Gasteiger partial charge in [-0.15, -0.1) is 0 Å². The molecule has 3 nitrogen and oxygen atoms in total. The molecule has 0 aliphatic rings. The first-order valence-electron chi connectivity index (χ1n) is 4.55. The number of nitrogens with two attached hydrogens (primary N) is 1. The summed E-state index contributed by atoms with van der Waals surface area (Å²) in [5, 5.41) is 9.08. The van der Waals surface area contributed by atoms with Gasteiger partial charge in [0.1, 0.15) is 11.9 Å². The molecular formula is C10H9F4NO2. The topological polar surface area (TPSA) is 63.3 Å². The van der Waals surface area contributed by atoms with Gasteiger partial charge in [0.2, 0.25) is 5.91 Å². The molecule has 1 atom stereocenters. The Bertz CT molecular complexity index is 431. The van der Waals surface area contributed by atoms with Crippen molar-refractivity contribution in [3.63, 3.8) is 0 Å². The number of aliphatic hydroxyl groups is 1. The summed E-state index contributed by atoms with van der Waals surface area (Å²) in [7, 11) is 0. The number of carbonyl (C=O) groups excluding carboxylic acids is 1. The fraction of sp³-hybridized carbons (Fsp3) is 0.300. The van der Waals surface area contributed by atoms with Crippen LogP contribution in [0.4, 0.5) is 17.6 Å². The van der Waals surface area contributed by atoms with E-state index in [4.69, 9.17) is 10.8 Å². The van der Waals surface area contributed by atoms with Gasteiger partial charge in [0.25, 0.3) is 0 Å². The van der Waals surface area contributed by atoms with Crippen molar-refractivity contribution in [2.24, 2.45) is 5.73 Å². The average Bonchev–Trinajstić information content (AvgIpc) is 2.19. The van der Waals surface area contributed by atoms with Crippen molar-refractivity contribution in [1.82, 2.24) is 0 Å². The monoisotopic (exact) mass is 251 g/mol. The fourth-order valence-electron chi connectivity index (χ4n) is 1.27. The van der Waals surface area contributed by atoms with Crippen LogP contribution in [0.1, 0.15) is 11.1 Å². The predicted molar refractivity (Wildman–Crippen MR) is 50.3 cm³/mol. The van der Waals surface area contributed by atoms with E-state index in [1.807, 2.05) is 0 Å². The third kappa shape index (κ3) is 3.16. The molecule has 3 N–H and O–H groups in total. The van der Waals surface area contributed by atoms with Gasteiger partial charge in [-0.1, -0.05) is 12.1 Å². The third-order valence-corrected chi connectivity index (χ3v) is 2.13. The van der Waals surface area contributed by atoms with Crippen LogP contribution in [-0.2, 0) is 17.4 Å². The molecule has 17 heavy (non-hydrogen) atoms. The number of halogens is 4. The van der Waals surface area contributed by atoms with Gasteiger partial charge >= 0.3 is 6.18 Å². The van der Waals surface area contributed by atoms with Crippen LogP contribution in [0, 0.1) is 5.82 Å². The van der Waals surface area contributed by atoms with Crippen LogP contribution in [0.3, 0.4) is 0 Å². The lowest BCUT2D eigenvalue weighted by Gasteiger charge is -2.12. The lowest BCUT2D eigenvalue weighted by Crippen LogP contribution is -2.30. The first-order valence-corrected chi connectivity index (χ1v) is 4.55. The van der Waals surface area contributed by atoms with Crippen LogP contribution >= 0.6 is 0 Å². The Labute approximate surface area is 93.8 Å². The molecule has 0 fully saturated rings. The second-order valence-electron chi connectivity index (χ2n) is 3.40. The summed E-state index contributed by atoms with van der Waals surface area (Å²) in [6.07, 6.45) is -7.13. The third-order valence-electron chi connectivity index (χ3n) is 2.13. The van der Waals surface area contributed by atoms with E-state index in [2.05, 4.69) is 0 Å². The Morgan fingerprint density at radius 3 is 2.47 bits per heavy atom. The highest BCUT2D eigenvalue weighted by Gasteiger charge is 2.35. The molecule has 1 aromatic rings. The molecule has 1 rings (SSSR count). The summed E-state index contributed by atoms with van der Waals surface area (Å²) < 4.78 is 50.4. The molecule has 0 aromatic heterocycles. The summed E-state index contributed by atoms with van der Waals surface area (Å²) in [6, 6.07) is 2.63. The standard InChI is InChI=1S/C10H9F4NO2/c11-8-5(4-7(16)9(15)17)2-1-3-6(8)10(12,13)14/h1-3,7,16H,4H2,(H2,15,17)/t7-/m0/s1. The normalized spacial score (nSPS) is 13.5. The molecule has 0 heterocycles. The molecule has 1 aromatic carbocycles. The Morgan fingerprint density at radius 2 is 2.00 bits per heavy atom. The molecule has 7 heteroatoms. The zero-order chi connectivity index (χ0) is 13.2. The maximum atomic E-state index is 13.4. The summed E-state index contributed by atoms with van der Waals surface area (Å²) in [4.78, 5) is 10.5. The first-order chi connectivity index (χ1) is 7.73. The molecule has 0 aliphatic heterocycles. The Hall–Kier alpha value is -1.63. The van der Waals surface area contributed by atoms with E-state index >= 15 is 0 Å². The number of hydrogen-bond donors (Lipinski definition) is 2. The van der Waals surface area contributed by atoms with E-state index in [1.165, 1.54) is 0 Å². The largest absolute Gasteiger partial charge is 0.419 e. The molecule has 0 aliphatic carbocycles. The number of aliphatic hydroxyl groups excluding tert-OH is 1. The van der Waals surface area contributed by atoms with Gasteiger partial charge in [0.05, 0.1) is 5.56 Å². The SMILES string of the molecule is NC(=O)[C@@H](O)Cc1cccc(C(F)(F)F)c1F. The summed E-state index contributed by atoms with van der Waals surface area (Å²) in [5.41, 5.74) is 2.87. The van der Waals surface area contributed by atoms with Crippen molar-refractivity contribution in [1.29, 1.82) is 0 Å². The lowest BCUT2D eigenvalue weighted by atomic mass is 10.0. The van der Waals surface area contributed by atoms with Crippen molar-refractivity contribution >= 4 is 5.91 Å². The minimum atomic E-state index is -4.82. The molecule has 0 saturated carbocycles. The maximum Gasteiger partial charge on any atom is 0.419 e. The average molecular weight is 251 g/mol. The van der Waals surface area contributed by atoms with Gasteiger partial charge in [0, 0.05) is 6.42 Å². The Kier molecular flexibility index (Phi) is 3.72. The van der Waals surface area contributed by atoms with E-state index < -0.39 is 41.6 Å². The number of rotatable bonds is 3. The van der Waals surface area contributed by atoms with E-state index in [1.54, 1.807) is 0 Å². The number of amides is 1. The van der Waals surface area contributed by atoms with E-state index in [0.29, 0.717) is 6.07 Å².